The highest BCUT2D eigenvalue weighted by Crippen LogP contribution is 2.04. The lowest BCUT2D eigenvalue weighted by Gasteiger charge is -2.10. The first-order chi connectivity index (χ1) is 4.30. The number of hydroxylamine groups is 1. The van der Waals surface area contributed by atoms with Crippen LogP contribution in [0.2, 0.25) is 0 Å². The number of halogens is 2. The van der Waals surface area contributed by atoms with E-state index in [2.05, 4.69) is 4.84 Å². The predicted octanol–water partition coefficient (Wildman–Crippen LogP) is 0.947. The van der Waals surface area contributed by atoms with E-state index in [1.54, 1.807) is 0 Å². The molecule has 0 fully saturated rings. The molecule has 1 N–H and O–H groups in total. The molecule has 9 heavy (non-hydrogen) atoms. The molecule has 0 aliphatic carbocycles. The van der Waals surface area contributed by atoms with Crippen molar-refractivity contribution in [2.75, 3.05) is 0 Å². The molecule has 0 amide bonds. The summed E-state index contributed by atoms with van der Waals surface area (Å²) in [7, 11) is 0. The van der Waals surface area contributed by atoms with Gasteiger partial charge in [0, 0.05) is 0 Å². The number of nitrogens with one attached hydrogen (secondary N) is 1. The summed E-state index contributed by atoms with van der Waals surface area (Å²) in [4.78, 5) is 4.32. The van der Waals surface area contributed by atoms with Crippen LogP contribution in [0.5, 0.6) is 0 Å². The van der Waals surface area contributed by atoms with Crippen molar-refractivity contribution in [1.82, 2.24) is 10.8 Å². The Morgan fingerprint density at radius 2 is 2.33 bits per heavy atom. The zero-order chi connectivity index (χ0) is 6.69. The van der Waals surface area contributed by atoms with E-state index >= 15 is 0 Å². The number of hydrogen-bond acceptors (Lipinski definition) is 3. The lowest BCUT2D eigenvalue weighted by molar-refractivity contribution is -0.138. The maximum Gasteiger partial charge on any atom is 0.201 e. The largest absolute Gasteiger partial charge is 0.388 e. The number of allylic oxidation sites excluding steroid dienone is 2. The average molecular weight is 134 g/mol. The molecular weight excluding hydrogens is 130 g/mol. The van der Waals surface area contributed by atoms with Crippen molar-refractivity contribution in [2.24, 2.45) is 0 Å². The van der Waals surface area contributed by atoms with Gasteiger partial charge in [-0.05, 0) is 17.5 Å². The van der Waals surface area contributed by atoms with Gasteiger partial charge in [-0.25, -0.2) is 5.48 Å². The first kappa shape index (κ1) is 5.87. The molecule has 0 unspecified atom stereocenters. The second kappa shape index (κ2) is 2.34. The van der Waals surface area contributed by atoms with Gasteiger partial charge >= 0.3 is 0 Å². The highest BCUT2D eigenvalue weighted by atomic mass is 19.4. The quantitative estimate of drug-likeness (QED) is 0.540. The lowest BCUT2D eigenvalue weighted by atomic mass is 10.5. The van der Waals surface area contributed by atoms with E-state index < -0.39 is 5.34 Å². The third-order valence-corrected chi connectivity index (χ3v) is 0.746. The molecule has 5 heteroatoms. The van der Waals surface area contributed by atoms with Crippen molar-refractivity contribution in [3.8, 4) is 0 Å². The maximum absolute atomic E-state index is 11.5. The molecule has 1 aliphatic heterocycles. The van der Waals surface area contributed by atoms with Crippen LogP contribution in [-0.4, -0.2) is 5.34 Å². The number of rotatable bonds is 1. The van der Waals surface area contributed by atoms with Gasteiger partial charge in [-0.15, -0.1) is 0 Å². The van der Waals surface area contributed by atoms with Gasteiger partial charge in [-0.3, -0.25) is 0 Å². The Hall–Kier alpha value is -1.26. The summed E-state index contributed by atoms with van der Waals surface area (Å²) >= 11 is 0. The van der Waals surface area contributed by atoms with Crippen molar-refractivity contribution in [2.45, 2.75) is 0 Å². The van der Waals surface area contributed by atoms with E-state index in [4.69, 9.17) is 0 Å². The van der Waals surface area contributed by atoms with Crippen molar-refractivity contribution in [3.63, 3.8) is 0 Å². The molecule has 1 rings (SSSR count). The summed E-state index contributed by atoms with van der Waals surface area (Å²) in [5.74, 6) is -0.377. The minimum atomic E-state index is -1.07. The van der Waals surface area contributed by atoms with E-state index in [1.807, 2.05) is 5.48 Å². The van der Waals surface area contributed by atoms with Gasteiger partial charge in [0.15, 0.2) is 0 Å². The summed E-state index contributed by atoms with van der Waals surface area (Å²) in [6.07, 6.45) is 3.80. The van der Waals surface area contributed by atoms with Crippen LogP contribution in [-0.2, 0) is 4.84 Å². The fraction of sp³-hybridized carbons (Fsp3) is 0. The van der Waals surface area contributed by atoms with Crippen molar-refractivity contribution < 1.29 is 13.8 Å². The van der Waals surface area contributed by atoms with Crippen molar-refractivity contribution in [1.29, 1.82) is 0 Å². The summed E-state index contributed by atoms with van der Waals surface area (Å²) < 4.78 is 23.0. The molecule has 0 atom stereocenters. The van der Waals surface area contributed by atoms with Crippen LogP contribution in [0.4, 0.5) is 8.96 Å². The van der Waals surface area contributed by atoms with Gasteiger partial charge in [0.1, 0.15) is 6.26 Å². The van der Waals surface area contributed by atoms with Crippen LogP contribution in [0, 0.1) is 0 Å². The van der Waals surface area contributed by atoms with Gasteiger partial charge in [0.2, 0.25) is 5.82 Å². The SMILES string of the molecule is FN(F)C1=CC=CON1. The molecule has 0 aromatic heterocycles. The molecule has 1 aliphatic rings. The standard InChI is InChI=1S/C4H4F2N2O/c5-8(6)4-2-1-3-9-7-4/h1-3,7H. The fourth-order valence-corrected chi connectivity index (χ4v) is 0.389. The second-order valence-electron chi connectivity index (χ2n) is 1.33. The first-order valence-electron chi connectivity index (χ1n) is 2.21. The normalized spacial score (nSPS) is 15.6. The Labute approximate surface area is 50.0 Å². The van der Waals surface area contributed by atoms with Crippen LogP contribution in [0.25, 0.3) is 0 Å². The average Bonchev–Trinajstić information content (AvgIpc) is 1.90. The van der Waals surface area contributed by atoms with Crippen molar-refractivity contribution in [3.05, 3.63) is 24.2 Å². The van der Waals surface area contributed by atoms with E-state index in [-0.39, 0.29) is 5.82 Å². The molecule has 0 aromatic carbocycles. The molecule has 0 saturated heterocycles. The highest BCUT2D eigenvalue weighted by Gasteiger charge is 2.06. The summed E-state index contributed by atoms with van der Waals surface area (Å²) in [5, 5.41) is -1.07. The Balaban J connectivity index is 2.57. The fourth-order valence-electron chi connectivity index (χ4n) is 0.389. The van der Waals surface area contributed by atoms with E-state index in [9.17, 15) is 8.96 Å². The second-order valence-corrected chi connectivity index (χ2v) is 1.33. The summed E-state index contributed by atoms with van der Waals surface area (Å²) in [5.41, 5.74) is 1.97. The van der Waals surface area contributed by atoms with Crippen LogP contribution < -0.4 is 5.48 Å². The Morgan fingerprint density at radius 3 is 2.67 bits per heavy atom. The minimum absolute atomic E-state index is 0.377. The molecule has 0 bridgehead atoms. The van der Waals surface area contributed by atoms with Crippen LogP contribution in [0.1, 0.15) is 0 Å². The smallest absolute Gasteiger partial charge is 0.201 e. The zero-order valence-corrected chi connectivity index (χ0v) is 4.34. The topological polar surface area (TPSA) is 24.5 Å². The highest BCUT2D eigenvalue weighted by molar-refractivity contribution is 5.07. The molecule has 0 aromatic rings. The van der Waals surface area contributed by atoms with Gasteiger partial charge in [0.25, 0.3) is 0 Å². The van der Waals surface area contributed by atoms with E-state index in [0.29, 0.717) is 0 Å². The summed E-state index contributed by atoms with van der Waals surface area (Å²) in [6, 6.07) is 0. The molecule has 3 nitrogen and oxygen atoms in total. The number of nitrogens with zero attached hydrogens (tertiary/aromatic N) is 1. The van der Waals surface area contributed by atoms with Gasteiger partial charge in [0.05, 0.1) is 0 Å². The molecule has 1 heterocycles. The van der Waals surface area contributed by atoms with Gasteiger partial charge in [-0.2, -0.15) is 0 Å². The van der Waals surface area contributed by atoms with Gasteiger partial charge in [-0.1, -0.05) is 8.96 Å². The monoisotopic (exact) mass is 134 g/mol. The Kier molecular flexibility index (Phi) is 1.53. The number of hydrogen-bond donors (Lipinski definition) is 1. The van der Waals surface area contributed by atoms with Crippen LogP contribution in [0.3, 0.4) is 0 Å². The van der Waals surface area contributed by atoms with E-state index in [0.717, 1.165) is 0 Å². The van der Waals surface area contributed by atoms with Crippen molar-refractivity contribution >= 4 is 0 Å². The Bertz CT molecular complexity index is 155. The van der Waals surface area contributed by atoms with Crippen LogP contribution >= 0.6 is 0 Å². The molecule has 0 spiro atoms. The molecule has 0 saturated carbocycles. The first-order valence-corrected chi connectivity index (χ1v) is 2.21. The predicted molar refractivity (Wildman–Crippen MR) is 25.5 cm³/mol. The van der Waals surface area contributed by atoms with E-state index in [1.165, 1.54) is 18.4 Å². The third kappa shape index (κ3) is 1.31. The Morgan fingerprint density at radius 1 is 1.56 bits per heavy atom. The molecule has 50 valence electrons. The maximum atomic E-state index is 11.5. The summed E-state index contributed by atoms with van der Waals surface area (Å²) in [6.45, 7) is 0. The lowest BCUT2D eigenvalue weighted by Crippen LogP contribution is -2.20. The van der Waals surface area contributed by atoms with Gasteiger partial charge < -0.3 is 4.84 Å². The third-order valence-electron chi connectivity index (χ3n) is 0.746. The zero-order valence-electron chi connectivity index (χ0n) is 4.34. The van der Waals surface area contributed by atoms with Crippen LogP contribution in [0.15, 0.2) is 24.2 Å². The minimum Gasteiger partial charge on any atom is -0.388 e. The molecule has 0 radical (unpaired) electrons. The molecular formula is C4H4F2N2O.